The van der Waals surface area contributed by atoms with E-state index < -0.39 is 41.5 Å². The average molecular weight is 519 g/mol. The first-order valence-electron chi connectivity index (χ1n) is 3.51. The fourth-order valence-electron chi connectivity index (χ4n) is 0.939. The van der Waals surface area contributed by atoms with Gasteiger partial charge in [-0.2, -0.15) is 0 Å². The van der Waals surface area contributed by atoms with Gasteiger partial charge in [0, 0.05) is 6.07 Å². The van der Waals surface area contributed by atoms with Crippen LogP contribution >= 0.6 is 0 Å². The first kappa shape index (κ1) is 72.4. The van der Waals surface area contributed by atoms with Gasteiger partial charge in [-0.05, 0) is 6.07 Å². The van der Waals surface area contributed by atoms with Gasteiger partial charge in [-0.1, -0.05) is 0 Å². The van der Waals surface area contributed by atoms with Gasteiger partial charge in [-0.3, -0.25) is 0 Å². The van der Waals surface area contributed by atoms with E-state index in [1.54, 1.807) is 0 Å². The Morgan fingerprint density at radius 1 is 0.593 bits per heavy atom. The maximum Gasteiger partial charge on any atom is 2.00 e. The first-order chi connectivity index (χ1) is 7.03. The van der Waals surface area contributed by atoms with Crippen molar-refractivity contribution in [3.8, 4) is 11.5 Å². The van der Waals surface area contributed by atoms with Gasteiger partial charge in [0.15, 0.2) is 0 Å². The monoisotopic (exact) mass is 517 g/mol. The van der Waals surface area contributed by atoms with Gasteiger partial charge >= 0.3 is 19.5 Å². The van der Waals surface area contributed by atoms with Crippen molar-refractivity contribution in [2.24, 2.45) is 0 Å². The third kappa shape index (κ3) is 18.0. The molecule has 0 heterocycles. The number of benzene rings is 1. The number of rotatable bonds is 2. The predicted molar refractivity (Wildman–Crippen MR) is 88.1 cm³/mol. The van der Waals surface area contributed by atoms with E-state index in [1.165, 1.54) is 0 Å². The minimum Gasteiger partial charge on any atom is -0.744 e. The van der Waals surface area contributed by atoms with Crippen molar-refractivity contribution >= 4 is 20.2 Å². The second kappa shape index (κ2) is 22.9. The Bertz CT molecular complexity index is 587. The Morgan fingerprint density at radius 3 is 0.926 bits per heavy atom. The van der Waals surface area contributed by atoms with Crippen LogP contribution in [0.15, 0.2) is 21.9 Å². The van der Waals surface area contributed by atoms with Gasteiger partial charge in [-0.25, -0.2) is 16.8 Å². The molecule has 0 fully saturated rings. The molecule has 0 aliphatic heterocycles. The van der Waals surface area contributed by atoms with Gasteiger partial charge in [0.05, 0.1) is 9.79 Å². The smallest absolute Gasteiger partial charge is 0.744 e. The summed E-state index contributed by atoms with van der Waals surface area (Å²) in [4.78, 5) is -2.58. The molecule has 1 aromatic rings. The summed E-state index contributed by atoms with van der Waals surface area (Å²) in [6.45, 7) is 0. The molecule has 27 heavy (non-hydrogen) atoms. The van der Waals surface area contributed by atoms with E-state index in [9.17, 15) is 25.9 Å². The summed E-state index contributed by atoms with van der Waals surface area (Å²) in [6, 6.07) is 0.394. The van der Waals surface area contributed by atoms with Crippen LogP contribution in [0.4, 0.5) is 0 Å². The number of hydrogen-bond donors (Lipinski definition) is 2. The third-order valence-electron chi connectivity index (χ3n) is 1.58. The number of hydrogen-bond acceptors (Lipinski definition) is 8. The van der Waals surface area contributed by atoms with Crippen molar-refractivity contribution in [3.05, 3.63) is 12.1 Å². The van der Waals surface area contributed by atoms with Crippen LogP contribution in [-0.2, 0) is 67.1 Å². The third-order valence-corrected chi connectivity index (χ3v) is 3.31. The Hall–Kier alpha value is -1.14. The van der Waals surface area contributed by atoms with Gasteiger partial charge in [0.25, 0.3) is 0 Å². The van der Waals surface area contributed by atoms with E-state index in [0.29, 0.717) is 0 Å². The molecule has 0 radical (unpaired) electrons. The van der Waals surface area contributed by atoms with Crippen LogP contribution < -0.4 is 0 Å². The average Bonchev–Trinajstić information content (AvgIpc) is 1.97. The first-order valence-corrected chi connectivity index (χ1v) is 6.33. The minimum absolute atomic E-state index is 0. The summed E-state index contributed by atoms with van der Waals surface area (Å²) in [5.74, 6) is -2.28. The van der Waals surface area contributed by atoms with Crippen molar-refractivity contribution in [1.82, 2.24) is 0 Å². The zero-order valence-electron chi connectivity index (χ0n) is 13.4. The van der Waals surface area contributed by atoms with Crippen molar-refractivity contribution in [2.75, 3.05) is 0 Å². The molecule has 1 aromatic carbocycles. The molecular weight excluding hydrogens is 490 g/mol. The molecular formula is C6H29O18S2Zn+5. The SMILES string of the molecule is O.O.O.O.O.O=S(=O)([O-])c1cc(S(=O)(=O)[O-])c(O)cc1O.[OH3+].[OH3+].[OH3+].[OH3+].[OH3+].[Zn+2]. The quantitative estimate of drug-likeness (QED) is 0.214. The fourth-order valence-corrected chi connectivity index (χ4v) is 2.17. The second-order valence-electron chi connectivity index (χ2n) is 2.70. The Labute approximate surface area is 164 Å². The zero-order valence-corrected chi connectivity index (χ0v) is 18.0. The van der Waals surface area contributed by atoms with E-state index in [4.69, 9.17) is 10.2 Å². The molecule has 0 amide bonds. The zero-order chi connectivity index (χ0) is 12.7. The molecule has 0 aliphatic rings. The topological polar surface area (TPSA) is 477 Å². The molecule has 1 rings (SSSR count). The van der Waals surface area contributed by atoms with Gasteiger partial charge in [-0.15, -0.1) is 0 Å². The van der Waals surface area contributed by atoms with E-state index >= 15 is 0 Å². The molecule has 0 saturated carbocycles. The van der Waals surface area contributed by atoms with Crippen LogP contribution in [0, 0.1) is 0 Å². The summed E-state index contributed by atoms with van der Waals surface area (Å²) in [5.41, 5.74) is 0. The number of phenolic OH excluding ortho intramolecular Hbond substituents is 2. The molecule has 0 saturated heterocycles. The molecule has 18 nitrogen and oxygen atoms in total. The van der Waals surface area contributed by atoms with E-state index in [-0.39, 0.29) is 86.4 Å². The van der Waals surface area contributed by atoms with Crippen LogP contribution in [0.5, 0.6) is 11.5 Å². The fraction of sp³-hybridized carbons (Fsp3) is 0. The molecule has 21 heteroatoms. The minimum atomic E-state index is -5.15. The van der Waals surface area contributed by atoms with Gasteiger partial charge < -0.3 is 74.1 Å². The Balaban J connectivity index is -0.0000000259. The summed E-state index contributed by atoms with van der Waals surface area (Å²) >= 11 is 0. The molecule has 0 aliphatic carbocycles. The standard InChI is InChI=1S/C6H6O8S2.10H2O.Zn/c7-3-1-4(8)6(16(12,13)14)2-5(3)15(9,10)11;;;;;;;;;;;/h1-2,7-8H,(H,9,10,11)(H,12,13,14);10*1H2;/q;;;;;;;;;;;+2/p+3. The maximum absolute atomic E-state index is 10.6. The summed E-state index contributed by atoms with van der Waals surface area (Å²) < 4.78 is 63.3. The summed E-state index contributed by atoms with van der Waals surface area (Å²) in [6.07, 6.45) is 0. The Morgan fingerprint density at radius 2 is 0.778 bits per heavy atom. The maximum atomic E-state index is 10.6. The molecule has 170 valence electrons. The van der Waals surface area contributed by atoms with Crippen LogP contribution in [-0.4, -0.2) is 63.5 Å². The largest absolute Gasteiger partial charge is 2.00 e. The number of phenols is 2. The van der Waals surface area contributed by atoms with E-state index in [1.807, 2.05) is 0 Å². The summed E-state index contributed by atoms with van der Waals surface area (Å²) in [5, 5.41) is 18.0. The van der Waals surface area contributed by atoms with Crippen molar-refractivity contribution < 1.29 is 110 Å². The van der Waals surface area contributed by atoms with E-state index in [2.05, 4.69) is 0 Å². The molecule has 0 atom stereocenters. The van der Waals surface area contributed by atoms with Gasteiger partial charge in [0.2, 0.25) is 0 Å². The predicted octanol–water partition coefficient (Wildman–Crippen LogP) is -9.83. The second-order valence-corrected chi connectivity index (χ2v) is 5.39. The molecule has 0 aromatic heterocycles. The molecule has 27 N–H and O–H groups in total. The van der Waals surface area contributed by atoms with Gasteiger partial charge in [0.1, 0.15) is 31.7 Å². The van der Waals surface area contributed by atoms with Crippen LogP contribution in [0.3, 0.4) is 0 Å². The Kier molecular flexibility index (Phi) is 61.4. The van der Waals surface area contributed by atoms with Crippen LogP contribution in [0.1, 0.15) is 0 Å². The molecule has 0 unspecified atom stereocenters. The van der Waals surface area contributed by atoms with Crippen molar-refractivity contribution in [1.29, 1.82) is 0 Å². The number of aromatic hydroxyl groups is 2. The van der Waals surface area contributed by atoms with Crippen molar-refractivity contribution in [2.45, 2.75) is 9.79 Å². The summed E-state index contributed by atoms with van der Waals surface area (Å²) in [7, 11) is -10.3. The molecule has 0 spiro atoms. The van der Waals surface area contributed by atoms with Crippen molar-refractivity contribution in [3.63, 3.8) is 0 Å². The normalized spacial score (nSPS) is 7.48. The van der Waals surface area contributed by atoms with Crippen LogP contribution in [0.2, 0.25) is 0 Å². The van der Waals surface area contributed by atoms with E-state index in [0.717, 1.165) is 0 Å². The molecule has 0 bridgehead atoms. The van der Waals surface area contributed by atoms with Crippen LogP contribution in [0.25, 0.3) is 0 Å².